The molecule has 3 aromatic rings. The smallest absolute Gasteiger partial charge is 0.436 e. The Morgan fingerprint density at radius 2 is 2.00 bits per heavy atom. The van der Waals surface area contributed by atoms with Gasteiger partial charge in [-0.3, -0.25) is 9.48 Å². The van der Waals surface area contributed by atoms with Gasteiger partial charge in [-0.2, -0.15) is 23.4 Å². The second-order valence-electron chi connectivity index (χ2n) is 7.62. The number of aromatic nitrogens is 4. The second kappa shape index (κ2) is 9.64. The third-order valence-corrected chi connectivity index (χ3v) is 5.64. The molecule has 0 radical (unpaired) electrons. The van der Waals surface area contributed by atoms with Crippen molar-refractivity contribution >= 4 is 29.1 Å². The number of hydrogen-bond acceptors (Lipinski definition) is 4. The maximum Gasteiger partial charge on any atom is 0.436 e. The van der Waals surface area contributed by atoms with Crippen LogP contribution in [0.4, 0.5) is 13.2 Å². The number of alkyl halides is 3. The minimum absolute atomic E-state index is 0.00814. The molecule has 0 bridgehead atoms. The van der Waals surface area contributed by atoms with E-state index in [0.29, 0.717) is 22.9 Å². The van der Waals surface area contributed by atoms with E-state index in [9.17, 15) is 18.0 Å². The number of carbonyl (C=O) groups is 1. The third-order valence-electron chi connectivity index (χ3n) is 5.03. The first-order valence-corrected chi connectivity index (χ1v) is 11.0. The first kappa shape index (κ1) is 23.4. The van der Waals surface area contributed by atoms with E-state index in [1.807, 2.05) is 0 Å². The van der Waals surface area contributed by atoms with Crippen LogP contribution in [-0.2, 0) is 19.5 Å². The standard InChI is InChI=1S/C21H20Cl2F3N5O2/c22-14-3-1-4-15(11-14)33-12-30-10-7-16(28-30)20(32)27-8-2-9-31-18(13-5-6-13)17(23)19(29-31)21(24,25)26/h1,3-4,7,10-11,13H,2,5-6,8-9,12H2,(H,27,32). The molecule has 0 atom stereocenters. The van der Waals surface area contributed by atoms with Crippen molar-refractivity contribution in [3.05, 3.63) is 63.7 Å². The van der Waals surface area contributed by atoms with Gasteiger partial charge in [-0.25, -0.2) is 4.68 Å². The van der Waals surface area contributed by atoms with Crippen LogP contribution in [0.15, 0.2) is 36.5 Å². The number of nitrogens with one attached hydrogen (secondary N) is 1. The molecule has 0 saturated heterocycles. The molecule has 1 N–H and O–H groups in total. The van der Waals surface area contributed by atoms with Gasteiger partial charge in [0, 0.05) is 30.2 Å². The maximum absolute atomic E-state index is 13.1. The quantitative estimate of drug-likeness (QED) is 0.412. The summed E-state index contributed by atoms with van der Waals surface area (Å²) in [6.45, 7) is 0.552. The van der Waals surface area contributed by atoms with Crippen molar-refractivity contribution in [2.45, 2.75) is 44.6 Å². The lowest BCUT2D eigenvalue weighted by Crippen LogP contribution is -2.26. The fourth-order valence-electron chi connectivity index (χ4n) is 3.32. The summed E-state index contributed by atoms with van der Waals surface area (Å²) in [5.41, 5.74) is -0.431. The zero-order valence-electron chi connectivity index (χ0n) is 17.3. The molecule has 0 aliphatic heterocycles. The Kier molecular flexibility index (Phi) is 6.85. The van der Waals surface area contributed by atoms with Gasteiger partial charge in [0.25, 0.3) is 5.91 Å². The monoisotopic (exact) mass is 501 g/mol. The number of ether oxygens (including phenoxy) is 1. The summed E-state index contributed by atoms with van der Waals surface area (Å²) in [5.74, 6) is 0.184. The van der Waals surface area contributed by atoms with Crippen LogP contribution >= 0.6 is 23.2 Å². The molecule has 1 fully saturated rings. The van der Waals surface area contributed by atoms with Gasteiger partial charge in [0.2, 0.25) is 0 Å². The zero-order chi connectivity index (χ0) is 23.6. The SMILES string of the molecule is O=C(NCCCn1nc(C(F)(F)F)c(Cl)c1C1CC1)c1ccn(COc2cccc(Cl)c2)n1. The molecule has 12 heteroatoms. The Bertz CT molecular complexity index is 1140. The summed E-state index contributed by atoms with van der Waals surface area (Å²) in [6.07, 6.45) is -1.02. The summed E-state index contributed by atoms with van der Waals surface area (Å²) < 4.78 is 47.8. The van der Waals surface area contributed by atoms with Gasteiger partial charge in [-0.05, 0) is 43.5 Å². The largest absolute Gasteiger partial charge is 0.471 e. The van der Waals surface area contributed by atoms with Crippen molar-refractivity contribution in [2.24, 2.45) is 0 Å². The molecule has 7 nitrogen and oxygen atoms in total. The number of benzene rings is 1. The Morgan fingerprint density at radius 1 is 1.21 bits per heavy atom. The highest BCUT2D eigenvalue weighted by Gasteiger charge is 2.41. The minimum Gasteiger partial charge on any atom is -0.471 e. The first-order chi connectivity index (χ1) is 15.7. The number of carbonyl (C=O) groups excluding carboxylic acids is 1. The van der Waals surface area contributed by atoms with E-state index in [-0.39, 0.29) is 36.5 Å². The van der Waals surface area contributed by atoms with Gasteiger partial charge in [-0.15, -0.1) is 0 Å². The fourth-order valence-corrected chi connectivity index (χ4v) is 3.90. The van der Waals surface area contributed by atoms with Crippen LogP contribution < -0.4 is 10.1 Å². The Hall–Kier alpha value is -2.72. The molecule has 1 amide bonds. The third kappa shape index (κ3) is 5.80. The van der Waals surface area contributed by atoms with E-state index in [1.165, 1.54) is 9.36 Å². The molecular formula is C21H20Cl2F3N5O2. The normalized spacial score (nSPS) is 13.8. The average molecular weight is 502 g/mol. The lowest BCUT2D eigenvalue weighted by atomic mass is 10.2. The molecule has 2 heterocycles. The number of nitrogens with zero attached hydrogens (tertiary/aromatic N) is 4. The van der Waals surface area contributed by atoms with Gasteiger partial charge in [0.05, 0.1) is 10.7 Å². The molecule has 1 saturated carbocycles. The zero-order valence-corrected chi connectivity index (χ0v) is 18.8. The van der Waals surface area contributed by atoms with E-state index in [0.717, 1.165) is 12.8 Å². The molecule has 0 unspecified atom stereocenters. The van der Waals surface area contributed by atoms with E-state index in [2.05, 4.69) is 15.5 Å². The highest BCUT2D eigenvalue weighted by atomic mass is 35.5. The van der Waals surface area contributed by atoms with Crippen LogP contribution in [0.2, 0.25) is 10.0 Å². The van der Waals surface area contributed by atoms with Crippen molar-refractivity contribution in [1.82, 2.24) is 24.9 Å². The van der Waals surface area contributed by atoms with Gasteiger partial charge >= 0.3 is 6.18 Å². The topological polar surface area (TPSA) is 74.0 Å². The van der Waals surface area contributed by atoms with Gasteiger partial charge in [0.15, 0.2) is 12.4 Å². The highest BCUT2D eigenvalue weighted by molar-refractivity contribution is 6.32. The van der Waals surface area contributed by atoms with Gasteiger partial charge in [-0.1, -0.05) is 29.3 Å². The van der Waals surface area contributed by atoms with Crippen molar-refractivity contribution in [3.8, 4) is 5.75 Å². The molecule has 1 aliphatic rings. The molecule has 1 aliphatic carbocycles. The molecule has 0 spiro atoms. The highest BCUT2D eigenvalue weighted by Crippen LogP contribution is 2.46. The number of aryl methyl sites for hydroxylation is 1. The number of amides is 1. The van der Waals surface area contributed by atoms with Gasteiger partial charge < -0.3 is 10.1 Å². The summed E-state index contributed by atoms with van der Waals surface area (Å²) in [4.78, 5) is 12.3. The average Bonchev–Trinajstić information content (AvgIpc) is 3.36. The van der Waals surface area contributed by atoms with Crippen LogP contribution in [0.3, 0.4) is 0 Å². The van der Waals surface area contributed by atoms with Crippen LogP contribution in [0.1, 0.15) is 47.1 Å². The lowest BCUT2D eigenvalue weighted by Gasteiger charge is -2.08. The Morgan fingerprint density at radius 3 is 2.70 bits per heavy atom. The molecule has 4 rings (SSSR count). The molecular weight excluding hydrogens is 482 g/mol. The number of rotatable bonds is 9. The van der Waals surface area contributed by atoms with E-state index >= 15 is 0 Å². The van der Waals surface area contributed by atoms with Crippen molar-refractivity contribution in [2.75, 3.05) is 6.54 Å². The van der Waals surface area contributed by atoms with Crippen LogP contribution in [0.25, 0.3) is 0 Å². The van der Waals surface area contributed by atoms with Crippen molar-refractivity contribution in [3.63, 3.8) is 0 Å². The minimum atomic E-state index is -4.60. The number of halogens is 5. The van der Waals surface area contributed by atoms with Crippen molar-refractivity contribution < 1.29 is 22.7 Å². The van der Waals surface area contributed by atoms with Crippen molar-refractivity contribution in [1.29, 1.82) is 0 Å². The lowest BCUT2D eigenvalue weighted by molar-refractivity contribution is -0.141. The van der Waals surface area contributed by atoms with Crippen LogP contribution in [0.5, 0.6) is 5.75 Å². The van der Waals surface area contributed by atoms with Crippen LogP contribution in [0, 0.1) is 0 Å². The summed E-state index contributed by atoms with van der Waals surface area (Å²) in [6, 6.07) is 8.45. The molecule has 176 valence electrons. The fraction of sp³-hybridized carbons (Fsp3) is 0.381. The second-order valence-corrected chi connectivity index (χ2v) is 8.44. The summed E-state index contributed by atoms with van der Waals surface area (Å²) >= 11 is 11.9. The predicted molar refractivity (Wildman–Crippen MR) is 115 cm³/mol. The first-order valence-electron chi connectivity index (χ1n) is 10.3. The molecule has 33 heavy (non-hydrogen) atoms. The number of hydrogen-bond donors (Lipinski definition) is 1. The summed E-state index contributed by atoms with van der Waals surface area (Å²) in [5, 5.41) is 10.8. The summed E-state index contributed by atoms with van der Waals surface area (Å²) in [7, 11) is 0. The maximum atomic E-state index is 13.1. The van der Waals surface area contributed by atoms with E-state index < -0.39 is 17.8 Å². The van der Waals surface area contributed by atoms with Crippen LogP contribution in [-0.4, -0.2) is 32.0 Å². The molecule has 2 aromatic heterocycles. The van der Waals surface area contributed by atoms with Gasteiger partial charge in [0.1, 0.15) is 11.4 Å². The Balaban J connectivity index is 1.27. The molecule has 1 aromatic carbocycles. The van der Waals surface area contributed by atoms with E-state index in [1.54, 1.807) is 36.5 Å². The predicted octanol–water partition coefficient (Wildman–Crippen LogP) is 5.14. The Labute approximate surface area is 197 Å². The van der Waals surface area contributed by atoms with E-state index in [4.69, 9.17) is 27.9 Å².